The molecule has 0 aromatic rings. The summed E-state index contributed by atoms with van der Waals surface area (Å²) in [6.45, 7) is 15.8. The smallest absolute Gasteiger partial charge is 0.408 e. The normalized spacial score (nSPS) is 13.6. The van der Waals surface area contributed by atoms with Gasteiger partial charge in [-0.15, -0.1) is 0 Å². The van der Waals surface area contributed by atoms with Crippen molar-refractivity contribution < 1.29 is 9.53 Å². The van der Waals surface area contributed by atoms with Gasteiger partial charge in [-0.05, 0) is 34.6 Å². The molecule has 0 spiro atoms. The van der Waals surface area contributed by atoms with Gasteiger partial charge >= 0.3 is 6.09 Å². The van der Waals surface area contributed by atoms with Crippen LogP contribution < -0.4 is 5.32 Å². The molecule has 0 aliphatic carbocycles. The molecule has 0 aromatic heterocycles. The van der Waals surface area contributed by atoms with Crippen molar-refractivity contribution in [1.82, 2.24) is 5.32 Å². The molecule has 0 aromatic carbocycles. The van der Waals surface area contributed by atoms with Gasteiger partial charge < -0.3 is 10.1 Å². The van der Waals surface area contributed by atoms with Gasteiger partial charge in [-0.1, -0.05) is 20.8 Å². The second kappa shape index (κ2) is 4.03. The Labute approximate surface area is 93.6 Å². The largest absolute Gasteiger partial charge is 0.443 e. The van der Waals surface area contributed by atoms with Crippen molar-refractivity contribution in [2.45, 2.75) is 66.5 Å². The fraction of sp³-hybridized carbons (Fsp3) is 0.917. The number of carbonyl (C=O) groups is 1. The number of nitrogens with one attached hydrogen (secondary N) is 1. The molecule has 3 heteroatoms. The molecule has 15 heavy (non-hydrogen) atoms. The van der Waals surface area contributed by atoms with Crippen LogP contribution >= 0.6 is 0 Å². The van der Waals surface area contributed by atoms with Crippen molar-refractivity contribution in [3.8, 4) is 0 Å². The van der Waals surface area contributed by atoms with Crippen LogP contribution in [0.25, 0.3) is 0 Å². The van der Waals surface area contributed by atoms with Gasteiger partial charge in [-0.25, -0.2) is 4.79 Å². The van der Waals surface area contributed by atoms with Crippen LogP contribution in [0.15, 0.2) is 0 Å². The molecule has 0 aliphatic heterocycles. The lowest BCUT2D eigenvalue weighted by atomic mass is 9.79. The van der Waals surface area contributed by atoms with E-state index >= 15 is 0 Å². The van der Waals surface area contributed by atoms with Gasteiger partial charge in [0.2, 0.25) is 0 Å². The van der Waals surface area contributed by atoms with Crippen molar-refractivity contribution in [1.29, 1.82) is 0 Å². The van der Waals surface area contributed by atoms with Crippen molar-refractivity contribution in [2.75, 3.05) is 0 Å². The molecule has 3 nitrogen and oxygen atoms in total. The Bertz CT molecular complexity index is 231. The maximum absolute atomic E-state index is 11.6. The first kappa shape index (κ1) is 14.3. The molecular formula is C12H25NO2. The minimum absolute atomic E-state index is 0.0811. The molecule has 0 saturated heterocycles. The summed E-state index contributed by atoms with van der Waals surface area (Å²) in [5.41, 5.74) is -0.824. The van der Waals surface area contributed by atoms with Crippen molar-refractivity contribution in [3.63, 3.8) is 0 Å². The number of carbonyl (C=O) groups excluding carboxylic acids is 1. The second-order valence-corrected chi connectivity index (χ2v) is 6.52. The summed E-state index contributed by atoms with van der Waals surface area (Å²) in [7, 11) is 0. The lowest BCUT2D eigenvalue weighted by molar-refractivity contribution is -0.0414. The standard InChI is InChI=1S/C12H25NO2/c1-10(2,3)12(7,8)15-9(14)13-11(4,5)6/h1-8H3,(H,13,14). The van der Waals surface area contributed by atoms with Crippen molar-refractivity contribution >= 4 is 6.09 Å². The van der Waals surface area contributed by atoms with Crippen molar-refractivity contribution in [2.24, 2.45) is 5.41 Å². The fourth-order valence-electron chi connectivity index (χ4n) is 0.717. The molecule has 0 unspecified atom stereocenters. The molecular weight excluding hydrogens is 190 g/mol. The second-order valence-electron chi connectivity index (χ2n) is 6.52. The number of hydrogen-bond donors (Lipinski definition) is 1. The number of ether oxygens (including phenoxy) is 1. The van der Waals surface area contributed by atoms with E-state index in [0.29, 0.717) is 0 Å². The van der Waals surface area contributed by atoms with Crippen LogP contribution in [0.2, 0.25) is 0 Å². The first-order valence-electron chi connectivity index (χ1n) is 5.36. The van der Waals surface area contributed by atoms with E-state index in [9.17, 15) is 4.79 Å². The summed E-state index contributed by atoms with van der Waals surface area (Å²) in [5.74, 6) is 0. The number of amides is 1. The van der Waals surface area contributed by atoms with Crippen LogP contribution in [0.5, 0.6) is 0 Å². The Kier molecular flexibility index (Phi) is 3.83. The first-order valence-corrected chi connectivity index (χ1v) is 5.36. The number of rotatable bonds is 1. The summed E-state index contributed by atoms with van der Waals surface area (Å²) in [5, 5.41) is 2.79. The van der Waals surface area contributed by atoms with E-state index in [1.807, 2.05) is 34.6 Å². The lowest BCUT2D eigenvalue weighted by Crippen LogP contribution is -2.48. The van der Waals surface area contributed by atoms with E-state index in [0.717, 1.165) is 0 Å². The van der Waals surface area contributed by atoms with Gasteiger partial charge in [-0.2, -0.15) is 0 Å². The average molecular weight is 215 g/mol. The summed E-state index contributed by atoms with van der Waals surface area (Å²) >= 11 is 0. The zero-order valence-corrected chi connectivity index (χ0v) is 11.3. The maximum Gasteiger partial charge on any atom is 0.408 e. The van der Waals surface area contributed by atoms with Gasteiger partial charge in [0.05, 0.1) is 0 Å². The van der Waals surface area contributed by atoms with Gasteiger partial charge in [0.1, 0.15) is 5.60 Å². The highest BCUT2D eigenvalue weighted by Gasteiger charge is 2.37. The van der Waals surface area contributed by atoms with Gasteiger partial charge in [0.15, 0.2) is 0 Å². The Morgan fingerprint density at radius 3 is 1.60 bits per heavy atom. The van der Waals surface area contributed by atoms with Crippen molar-refractivity contribution in [3.05, 3.63) is 0 Å². The molecule has 0 fully saturated rings. The third kappa shape index (κ3) is 5.05. The molecule has 0 atom stereocenters. The van der Waals surface area contributed by atoms with Gasteiger partial charge in [0, 0.05) is 11.0 Å². The zero-order valence-electron chi connectivity index (χ0n) is 11.3. The van der Waals surface area contributed by atoms with Crippen LogP contribution in [0.1, 0.15) is 55.4 Å². The van der Waals surface area contributed by atoms with Crippen LogP contribution in [-0.2, 0) is 4.74 Å². The average Bonchev–Trinajstić information content (AvgIpc) is 1.75. The van der Waals surface area contributed by atoms with E-state index in [2.05, 4.69) is 26.1 Å². The molecule has 0 bridgehead atoms. The highest BCUT2D eigenvalue weighted by molar-refractivity contribution is 5.68. The van der Waals surface area contributed by atoms with Gasteiger partial charge in [0.25, 0.3) is 0 Å². The van der Waals surface area contributed by atoms with E-state index in [-0.39, 0.29) is 17.0 Å². The highest BCUT2D eigenvalue weighted by Crippen LogP contribution is 2.32. The van der Waals surface area contributed by atoms with E-state index < -0.39 is 5.60 Å². The molecule has 0 heterocycles. The minimum Gasteiger partial charge on any atom is -0.443 e. The van der Waals surface area contributed by atoms with Crippen LogP contribution in [0.3, 0.4) is 0 Å². The first-order chi connectivity index (χ1) is 6.35. The van der Waals surface area contributed by atoms with Crippen LogP contribution in [0, 0.1) is 5.41 Å². The van der Waals surface area contributed by atoms with Crippen LogP contribution in [-0.4, -0.2) is 17.2 Å². The molecule has 0 aliphatic rings. The monoisotopic (exact) mass is 215 g/mol. The van der Waals surface area contributed by atoms with E-state index in [4.69, 9.17) is 4.74 Å². The van der Waals surface area contributed by atoms with E-state index in [1.165, 1.54) is 0 Å². The molecule has 1 amide bonds. The lowest BCUT2D eigenvalue weighted by Gasteiger charge is -2.38. The SMILES string of the molecule is CC(C)(C)NC(=O)OC(C)(C)C(C)(C)C. The molecule has 90 valence electrons. The quantitative estimate of drug-likeness (QED) is 0.728. The third-order valence-electron chi connectivity index (χ3n) is 2.63. The third-order valence-corrected chi connectivity index (χ3v) is 2.63. The Balaban J connectivity index is 4.43. The molecule has 0 saturated carbocycles. The predicted octanol–water partition coefficient (Wildman–Crippen LogP) is 3.34. The summed E-state index contributed by atoms with van der Waals surface area (Å²) in [6, 6.07) is 0. The maximum atomic E-state index is 11.6. The zero-order chi connectivity index (χ0) is 12.5. The Morgan fingerprint density at radius 2 is 1.33 bits per heavy atom. The summed E-state index contributed by atoms with van der Waals surface area (Å²) in [6.07, 6.45) is -0.359. The topological polar surface area (TPSA) is 38.3 Å². The van der Waals surface area contributed by atoms with Gasteiger partial charge in [-0.3, -0.25) is 0 Å². The summed E-state index contributed by atoms with van der Waals surface area (Å²) < 4.78 is 5.43. The predicted molar refractivity (Wildman–Crippen MR) is 62.9 cm³/mol. The molecule has 0 rings (SSSR count). The molecule has 1 N–H and O–H groups in total. The minimum atomic E-state index is -0.484. The summed E-state index contributed by atoms with van der Waals surface area (Å²) in [4.78, 5) is 11.6. The van der Waals surface area contributed by atoms with E-state index in [1.54, 1.807) is 0 Å². The van der Waals surface area contributed by atoms with Crippen LogP contribution in [0.4, 0.5) is 4.79 Å². The Hall–Kier alpha value is -0.730. The number of hydrogen-bond acceptors (Lipinski definition) is 2. The molecule has 0 radical (unpaired) electrons. The number of alkyl carbamates (subject to hydrolysis) is 1. The fourth-order valence-corrected chi connectivity index (χ4v) is 0.717. The highest BCUT2D eigenvalue weighted by atomic mass is 16.6. The Morgan fingerprint density at radius 1 is 0.933 bits per heavy atom.